The van der Waals surface area contributed by atoms with Crippen molar-refractivity contribution in [2.45, 2.75) is 24.3 Å². The lowest BCUT2D eigenvalue weighted by atomic mass is 9.92. The summed E-state index contributed by atoms with van der Waals surface area (Å²) in [6.45, 7) is 0.272. The molecule has 3 aromatic rings. The zero-order chi connectivity index (χ0) is 23.4. The van der Waals surface area contributed by atoms with Crippen LogP contribution in [0.5, 0.6) is 0 Å². The molecule has 1 aliphatic carbocycles. The molecule has 2 atom stereocenters. The van der Waals surface area contributed by atoms with E-state index in [1.165, 1.54) is 12.1 Å². The number of amides is 1. The van der Waals surface area contributed by atoms with Gasteiger partial charge in [0.2, 0.25) is 5.91 Å². The third-order valence-electron chi connectivity index (χ3n) is 6.52. The van der Waals surface area contributed by atoms with Gasteiger partial charge in [0.05, 0.1) is 12.0 Å². The molecule has 0 radical (unpaired) electrons. The van der Waals surface area contributed by atoms with Crippen molar-refractivity contribution in [1.29, 1.82) is 0 Å². The number of carbonyl (C=O) groups is 2. The first-order chi connectivity index (χ1) is 15.7. The van der Waals surface area contributed by atoms with E-state index in [4.69, 9.17) is 0 Å². The molecule has 5 rings (SSSR count). The number of hydrogen-bond donors (Lipinski definition) is 0. The van der Waals surface area contributed by atoms with E-state index in [-0.39, 0.29) is 24.2 Å². The molecule has 0 saturated heterocycles. The van der Waals surface area contributed by atoms with Gasteiger partial charge < -0.3 is 4.90 Å². The Morgan fingerprint density at radius 2 is 1.79 bits per heavy atom. The SMILES string of the molecule is CS(=O)(=O)CC(=O)c1cccc(CN2C(=O)[C@@]3(C[C@H]3c3ccc(F)cc3)c3ccccc32)c1. The first-order valence-corrected chi connectivity index (χ1v) is 12.7. The van der Waals surface area contributed by atoms with E-state index in [2.05, 4.69) is 0 Å². The van der Waals surface area contributed by atoms with Gasteiger partial charge in [-0.15, -0.1) is 0 Å². The highest BCUT2D eigenvalue weighted by molar-refractivity contribution is 7.91. The Morgan fingerprint density at radius 3 is 2.52 bits per heavy atom. The van der Waals surface area contributed by atoms with E-state index in [9.17, 15) is 22.4 Å². The average molecular weight is 464 g/mol. The molecule has 3 aromatic carbocycles. The number of hydrogen-bond acceptors (Lipinski definition) is 4. The van der Waals surface area contributed by atoms with Crippen LogP contribution in [0.3, 0.4) is 0 Å². The Labute approximate surface area is 191 Å². The van der Waals surface area contributed by atoms with Gasteiger partial charge in [-0.25, -0.2) is 12.8 Å². The Kier molecular flexibility index (Phi) is 4.97. The first-order valence-electron chi connectivity index (χ1n) is 10.7. The highest BCUT2D eigenvalue weighted by Crippen LogP contribution is 2.66. The van der Waals surface area contributed by atoms with Crippen molar-refractivity contribution in [2.75, 3.05) is 16.9 Å². The molecular weight excluding hydrogens is 441 g/mol. The minimum Gasteiger partial charge on any atom is -0.307 e. The molecule has 7 heteroatoms. The van der Waals surface area contributed by atoms with Gasteiger partial charge in [-0.05, 0) is 47.4 Å². The molecule has 1 amide bonds. The molecule has 1 aliphatic heterocycles. The predicted molar refractivity (Wildman–Crippen MR) is 124 cm³/mol. The summed E-state index contributed by atoms with van der Waals surface area (Å²) in [4.78, 5) is 27.8. The summed E-state index contributed by atoms with van der Waals surface area (Å²) in [6.07, 6.45) is 1.69. The van der Waals surface area contributed by atoms with Gasteiger partial charge in [0.25, 0.3) is 0 Å². The van der Waals surface area contributed by atoms with Crippen LogP contribution < -0.4 is 4.90 Å². The van der Waals surface area contributed by atoms with E-state index in [0.29, 0.717) is 12.0 Å². The summed E-state index contributed by atoms with van der Waals surface area (Å²) in [5, 5.41) is 0. The molecule has 1 spiro atoms. The highest BCUT2D eigenvalue weighted by atomic mass is 32.2. The molecule has 5 nitrogen and oxygen atoms in total. The Bertz CT molecular complexity index is 1380. The van der Waals surface area contributed by atoms with Crippen LogP contribution in [-0.2, 0) is 26.6 Å². The van der Waals surface area contributed by atoms with Crippen molar-refractivity contribution in [3.8, 4) is 0 Å². The monoisotopic (exact) mass is 463 g/mol. The van der Waals surface area contributed by atoms with Crippen molar-refractivity contribution in [3.63, 3.8) is 0 Å². The maximum absolute atomic E-state index is 13.7. The van der Waals surface area contributed by atoms with Gasteiger partial charge in [0.1, 0.15) is 11.6 Å². The molecule has 0 bridgehead atoms. The number of benzene rings is 3. The van der Waals surface area contributed by atoms with Crippen molar-refractivity contribution >= 4 is 27.2 Å². The van der Waals surface area contributed by atoms with Crippen LogP contribution in [0.15, 0.2) is 72.8 Å². The summed E-state index contributed by atoms with van der Waals surface area (Å²) >= 11 is 0. The molecule has 0 aromatic heterocycles. The fourth-order valence-electron chi connectivity index (χ4n) is 4.95. The smallest absolute Gasteiger partial charge is 0.238 e. The van der Waals surface area contributed by atoms with E-state index < -0.39 is 26.8 Å². The van der Waals surface area contributed by atoms with Crippen molar-refractivity contribution in [1.82, 2.24) is 0 Å². The number of halogens is 1. The standard InChI is InChI=1S/C26H22FNO4S/c1-33(31,32)16-24(29)19-6-4-5-17(13-19)15-28-23-8-3-2-7-21(23)26(25(28)30)14-22(26)18-9-11-20(27)12-10-18/h2-13,22H,14-16H2,1H3/t22-,26-/m0/s1. The zero-order valence-electron chi connectivity index (χ0n) is 18.0. The lowest BCUT2D eigenvalue weighted by Gasteiger charge is -2.19. The van der Waals surface area contributed by atoms with E-state index in [1.807, 2.05) is 30.3 Å². The number of para-hydroxylation sites is 1. The van der Waals surface area contributed by atoms with Crippen LogP contribution >= 0.6 is 0 Å². The third kappa shape index (κ3) is 3.76. The molecule has 0 N–H and O–H groups in total. The van der Waals surface area contributed by atoms with Crippen LogP contribution in [0.2, 0.25) is 0 Å². The summed E-state index contributed by atoms with van der Waals surface area (Å²) in [7, 11) is -3.44. The number of fused-ring (bicyclic) bond motifs is 2. The number of rotatable bonds is 6. The van der Waals surface area contributed by atoms with Crippen molar-refractivity contribution < 1.29 is 22.4 Å². The summed E-state index contributed by atoms with van der Waals surface area (Å²) in [5.41, 5.74) is 3.14. The molecular formula is C26H22FNO4S. The van der Waals surface area contributed by atoms with E-state index in [0.717, 1.165) is 28.6 Å². The Hall–Kier alpha value is -3.32. The summed E-state index contributed by atoms with van der Waals surface area (Å²) in [5.74, 6) is -1.35. The lowest BCUT2D eigenvalue weighted by Crippen LogP contribution is -2.32. The molecule has 1 saturated carbocycles. The van der Waals surface area contributed by atoms with Crippen molar-refractivity contribution in [3.05, 3.63) is 101 Å². The van der Waals surface area contributed by atoms with Crippen molar-refractivity contribution in [2.24, 2.45) is 0 Å². The van der Waals surface area contributed by atoms with Gasteiger partial charge in [-0.1, -0.05) is 48.5 Å². The van der Waals surface area contributed by atoms with Crippen LogP contribution in [0.25, 0.3) is 0 Å². The second-order valence-corrected chi connectivity index (χ2v) is 11.0. The average Bonchev–Trinajstić information content (AvgIpc) is 3.48. The van der Waals surface area contributed by atoms with Gasteiger partial charge >= 0.3 is 0 Å². The fourth-order valence-corrected chi connectivity index (χ4v) is 5.59. The second-order valence-electron chi connectivity index (χ2n) is 8.88. The van der Waals surface area contributed by atoms with Crippen LogP contribution in [0, 0.1) is 5.82 Å². The maximum Gasteiger partial charge on any atom is 0.238 e. The van der Waals surface area contributed by atoms with Gasteiger partial charge in [0, 0.05) is 23.4 Å². The first kappa shape index (κ1) is 21.5. The highest BCUT2D eigenvalue weighted by Gasteiger charge is 2.67. The Balaban J connectivity index is 1.45. The van der Waals surface area contributed by atoms with Crippen LogP contribution in [0.4, 0.5) is 10.1 Å². The number of Topliss-reactive ketones (excluding diaryl/α,β-unsaturated/α-hetero) is 1. The quantitative estimate of drug-likeness (QED) is 0.518. The molecule has 168 valence electrons. The number of ketones is 1. The molecule has 33 heavy (non-hydrogen) atoms. The number of sulfone groups is 1. The lowest BCUT2D eigenvalue weighted by molar-refractivity contribution is -0.120. The van der Waals surface area contributed by atoms with Gasteiger partial charge in [-0.3, -0.25) is 9.59 Å². The molecule has 0 unspecified atom stereocenters. The Morgan fingerprint density at radius 1 is 1.06 bits per heavy atom. The molecule has 1 fully saturated rings. The van der Waals surface area contributed by atoms with E-state index in [1.54, 1.807) is 35.2 Å². The summed E-state index contributed by atoms with van der Waals surface area (Å²) in [6, 6.07) is 20.8. The summed E-state index contributed by atoms with van der Waals surface area (Å²) < 4.78 is 36.4. The molecule has 1 heterocycles. The number of carbonyl (C=O) groups excluding carboxylic acids is 2. The minimum atomic E-state index is -3.44. The van der Waals surface area contributed by atoms with Gasteiger partial charge in [0.15, 0.2) is 15.6 Å². The second kappa shape index (κ2) is 7.63. The largest absolute Gasteiger partial charge is 0.307 e. The van der Waals surface area contributed by atoms with Crippen LogP contribution in [-0.4, -0.2) is 32.1 Å². The number of anilines is 1. The predicted octanol–water partition coefficient (Wildman–Crippen LogP) is 4.03. The van der Waals surface area contributed by atoms with Crippen LogP contribution in [0.1, 0.15) is 39.4 Å². The molecule has 2 aliphatic rings. The van der Waals surface area contributed by atoms with Gasteiger partial charge in [-0.2, -0.15) is 0 Å². The maximum atomic E-state index is 13.7. The fraction of sp³-hybridized carbons (Fsp3) is 0.231. The normalized spacial score (nSPS) is 21.3. The van der Waals surface area contributed by atoms with E-state index >= 15 is 0 Å². The third-order valence-corrected chi connectivity index (χ3v) is 7.30. The minimum absolute atomic E-state index is 0.00843. The number of nitrogens with zero attached hydrogens (tertiary/aromatic N) is 1. The topological polar surface area (TPSA) is 71.5 Å². The zero-order valence-corrected chi connectivity index (χ0v) is 18.8.